The third-order valence-electron chi connectivity index (χ3n) is 4.21. The topological polar surface area (TPSA) is 71.3 Å². The molecule has 0 saturated carbocycles. The van der Waals surface area contributed by atoms with Gasteiger partial charge in [0.2, 0.25) is 0 Å². The predicted octanol–water partition coefficient (Wildman–Crippen LogP) is 3.18. The van der Waals surface area contributed by atoms with Crippen LogP contribution in [0.5, 0.6) is 0 Å². The van der Waals surface area contributed by atoms with Crippen LogP contribution in [0, 0.1) is 13.8 Å². The van der Waals surface area contributed by atoms with Gasteiger partial charge < -0.3 is 9.32 Å². The summed E-state index contributed by atoms with van der Waals surface area (Å²) >= 11 is 0. The quantitative estimate of drug-likeness (QED) is 0.923. The Morgan fingerprint density at radius 3 is 2.65 bits per heavy atom. The van der Waals surface area contributed by atoms with Crippen LogP contribution in [0.2, 0.25) is 0 Å². The van der Waals surface area contributed by atoms with Gasteiger partial charge in [-0.25, -0.2) is 9.18 Å². The number of hydrogen-bond acceptors (Lipinski definition) is 4. The van der Waals surface area contributed by atoms with Crippen LogP contribution in [0.3, 0.4) is 0 Å². The SMILES string of the molecule is Cc1nc(NC(=O)N2CCC(F)(c3ccccn3)CC2)oc1C. The van der Waals surface area contributed by atoms with Gasteiger partial charge in [0.25, 0.3) is 0 Å². The molecule has 23 heavy (non-hydrogen) atoms. The molecule has 2 aromatic heterocycles. The van der Waals surface area contributed by atoms with Crippen molar-refractivity contribution in [3.63, 3.8) is 0 Å². The molecule has 0 aliphatic carbocycles. The zero-order valence-electron chi connectivity index (χ0n) is 13.2. The molecule has 0 aromatic carbocycles. The molecule has 1 aliphatic rings. The molecule has 0 radical (unpaired) electrons. The lowest BCUT2D eigenvalue weighted by molar-refractivity contribution is 0.0682. The van der Waals surface area contributed by atoms with Crippen LogP contribution in [-0.4, -0.2) is 34.0 Å². The van der Waals surface area contributed by atoms with E-state index < -0.39 is 5.67 Å². The number of likely N-dealkylation sites (tertiary alicyclic amines) is 1. The van der Waals surface area contributed by atoms with Crippen molar-refractivity contribution in [1.82, 2.24) is 14.9 Å². The van der Waals surface area contributed by atoms with E-state index in [-0.39, 0.29) is 24.9 Å². The van der Waals surface area contributed by atoms with E-state index in [1.54, 1.807) is 43.1 Å². The number of halogens is 1. The van der Waals surface area contributed by atoms with E-state index in [1.165, 1.54) is 0 Å². The van der Waals surface area contributed by atoms with Gasteiger partial charge in [0.1, 0.15) is 5.76 Å². The van der Waals surface area contributed by atoms with E-state index in [1.807, 2.05) is 0 Å². The standard InChI is InChI=1S/C16H19FN4O2/c1-11-12(2)23-14(19-11)20-15(22)21-9-6-16(17,7-10-21)13-5-3-4-8-18-13/h3-5,8H,6-7,9-10H2,1-2H3,(H,19,20,22). The highest BCUT2D eigenvalue weighted by molar-refractivity contribution is 5.87. The summed E-state index contributed by atoms with van der Waals surface area (Å²) in [5.41, 5.74) is -0.315. The first-order valence-corrected chi connectivity index (χ1v) is 7.58. The number of aromatic nitrogens is 2. The zero-order chi connectivity index (χ0) is 16.4. The normalized spacial score (nSPS) is 17.1. The maximum atomic E-state index is 15.0. The molecule has 7 heteroatoms. The summed E-state index contributed by atoms with van der Waals surface area (Å²) in [6.07, 6.45) is 2.03. The van der Waals surface area contributed by atoms with Gasteiger partial charge in [0.15, 0.2) is 5.67 Å². The maximum Gasteiger partial charge on any atom is 0.325 e. The van der Waals surface area contributed by atoms with Gasteiger partial charge in [-0.1, -0.05) is 6.07 Å². The monoisotopic (exact) mass is 318 g/mol. The molecule has 1 N–H and O–H groups in total. The first-order chi connectivity index (χ1) is 11.0. The molecule has 1 fully saturated rings. The molecule has 3 rings (SSSR count). The molecule has 2 aromatic rings. The highest BCUT2D eigenvalue weighted by atomic mass is 19.1. The molecule has 122 valence electrons. The average molecular weight is 318 g/mol. The number of rotatable bonds is 2. The van der Waals surface area contributed by atoms with Crippen LogP contribution in [0.15, 0.2) is 28.8 Å². The lowest BCUT2D eigenvalue weighted by atomic mass is 9.90. The Hall–Kier alpha value is -2.44. The number of nitrogens with one attached hydrogen (secondary N) is 1. The predicted molar refractivity (Wildman–Crippen MR) is 82.8 cm³/mol. The second-order valence-corrected chi connectivity index (χ2v) is 5.76. The third kappa shape index (κ3) is 3.18. The van der Waals surface area contributed by atoms with Crippen molar-refractivity contribution in [2.24, 2.45) is 0 Å². The molecule has 1 aliphatic heterocycles. The Kier molecular flexibility index (Phi) is 4.02. The maximum absolute atomic E-state index is 15.0. The van der Waals surface area contributed by atoms with Gasteiger partial charge in [-0.15, -0.1) is 0 Å². The van der Waals surface area contributed by atoms with Crippen LogP contribution in [0.1, 0.15) is 30.0 Å². The van der Waals surface area contributed by atoms with Crippen LogP contribution in [0.4, 0.5) is 15.2 Å². The van der Waals surface area contributed by atoms with Crippen LogP contribution in [0.25, 0.3) is 0 Å². The van der Waals surface area contributed by atoms with Gasteiger partial charge >= 0.3 is 12.0 Å². The zero-order valence-corrected chi connectivity index (χ0v) is 13.2. The van der Waals surface area contributed by atoms with Crippen molar-refractivity contribution >= 4 is 12.0 Å². The first-order valence-electron chi connectivity index (χ1n) is 7.58. The highest BCUT2D eigenvalue weighted by Gasteiger charge is 2.38. The van der Waals surface area contributed by atoms with E-state index in [9.17, 15) is 9.18 Å². The van der Waals surface area contributed by atoms with Crippen LogP contribution in [-0.2, 0) is 5.67 Å². The fourth-order valence-corrected chi connectivity index (χ4v) is 2.64. The smallest absolute Gasteiger partial charge is 0.325 e. The van der Waals surface area contributed by atoms with E-state index in [0.717, 1.165) is 5.69 Å². The van der Waals surface area contributed by atoms with Crippen LogP contribution < -0.4 is 5.32 Å². The number of aryl methyl sites for hydroxylation is 2. The molecule has 2 amide bonds. The molecule has 0 unspecified atom stereocenters. The Balaban J connectivity index is 1.61. The number of hydrogen-bond donors (Lipinski definition) is 1. The Morgan fingerprint density at radius 2 is 2.09 bits per heavy atom. The molecule has 0 atom stereocenters. The summed E-state index contributed by atoms with van der Waals surface area (Å²) in [6, 6.07) is 5.07. The molecule has 1 saturated heterocycles. The number of alkyl halides is 1. The largest absolute Gasteiger partial charge is 0.428 e. The Morgan fingerprint density at radius 1 is 1.35 bits per heavy atom. The van der Waals surface area contributed by atoms with Crippen molar-refractivity contribution in [2.75, 3.05) is 18.4 Å². The summed E-state index contributed by atoms with van der Waals surface area (Å²) in [4.78, 5) is 22.0. The minimum atomic E-state index is -1.48. The van der Waals surface area contributed by atoms with Gasteiger partial charge in [0, 0.05) is 32.1 Å². The highest BCUT2D eigenvalue weighted by Crippen LogP contribution is 2.35. The fraction of sp³-hybridized carbons (Fsp3) is 0.438. The van der Waals surface area contributed by atoms with Crippen molar-refractivity contribution in [3.8, 4) is 0 Å². The van der Waals surface area contributed by atoms with Gasteiger partial charge in [-0.2, -0.15) is 4.98 Å². The van der Waals surface area contributed by atoms with Gasteiger partial charge in [-0.3, -0.25) is 10.3 Å². The molecular weight excluding hydrogens is 299 g/mol. The van der Waals surface area contributed by atoms with Crippen molar-refractivity contribution in [3.05, 3.63) is 41.5 Å². The number of carbonyl (C=O) groups excluding carboxylic acids is 1. The fourth-order valence-electron chi connectivity index (χ4n) is 2.64. The van der Waals surface area contributed by atoms with Crippen molar-refractivity contribution in [1.29, 1.82) is 0 Å². The number of piperidine rings is 1. The number of nitrogens with zero attached hydrogens (tertiary/aromatic N) is 3. The summed E-state index contributed by atoms with van der Waals surface area (Å²) < 4.78 is 20.3. The van der Waals surface area contributed by atoms with Gasteiger partial charge in [-0.05, 0) is 26.0 Å². The number of carbonyl (C=O) groups is 1. The second kappa shape index (κ2) is 5.98. The second-order valence-electron chi connectivity index (χ2n) is 5.76. The molecular formula is C16H19FN4O2. The number of anilines is 1. The van der Waals surface area contributed by atoms with E-state index in [4.69, 9.17) is 4.42 Å². The minimum Gasteiger partial charge on any atom is -0.428 e. The van der Waals surface area contributed by atoms with E-state index in [0.29, 0.717) is 24.5 Å². The Labute approximate surface area is 133 Å². The van der Waals surface area contributed by atoms with Crippen molar-refractivity contribution in [2.45, 2.75) is 32.4 Å². The Bertz CT molecular complexity index is 674. The number of urea groups is 1. The summed E-state index contributed by atoms with van der Waals surface area (Å²) in [5, 5.41) is 2.61. The van der Waals surface area contributed by atoms with E-state index >= 15 is 0 Å². The van der Waals surface area contributed by atoms with Crippen molar-refractivity contribution < 1.29 is 13.6 Å². The van der Waals surface area contributed by atoms with Gasteiger partial charge in [0.05, 0.1) is 11.4 Å². The third-order valence-corrected chi connectivity index (χ3v) is 4.21. The number of amides is 2. The van der Waals surface area contributed by atoms with Crippen LogP contribution >= 0.6 is 0 Å². The minimum absolute atomic E-state index is 0.173. The molecule has 6 nitrogen and oxygen atoms in total. The lowest BCUT2D eigenvalue weighted by Gasteiger charge is -2.35. The molecule has 0 spiro atoms. The molecule has 0 bridgehead atoms. The first kappa shape index (κ1) is 15.5. The summed E-state index contributed by atoms with van der Waals surface area (Å²) in [5.74, 6) is 0.664. The average Bonchev–Trinajstić information content (AvgIpc) is 2.86. The number of oxazole rings is 1. The van der Waals surface area contributed by atoms with E-state index in [2.05, 4.69) is 15.3 Å². The lowest BCUT2D eigenvalue weighted by Crippen LogP contribution is -2.45. The molecule has 3 heterocycles. The summed E-state index contributed by atoms with van der Waals surface area (Å²) in [7, 11) is 0. The number of pyridine rings is 1. The summed E-state index contributed by atoms with van der Waals surface area (Å²) in [6.45, 7) is 4.22.